The van der Waals surface area contributed by atoms with E-state index < -0.39 is 17.4 Å². The van der Waals surface area contributed by atoms with Gasteiger partial charge in [0.1, 0.15) is 5.57 Å². The Morgan fingerprint density at radius 2 is 1.89 bits per heavy atom. The summed E-state index contributed by atoms with van der Waals surface area (Å²) in [6, 6.07) is 8.86. The molecule has 98 valence electrons. The molecule has 0 saturated carbocycles. The molecule has 0 spiro atoms. The van der Waals surface area contributed by atoms with E-state index in [2.05, 4.69) is 11.7 Å². The van der Waals surface area contributed by atoms with Crippen LogP contribution in [0.3, 0.4) is 0 Å². The molecule has 0 N–H and O–H groups in total. The molecule has 3 nitrogen and oxygen atoms in total. The van der Waals surface area contributed by atoms with Crippen LogP contribution in [-0.2, 0) is 11.3 Å². The van der Waals surface area contributed by atoms with Gasteiger partial charge in [-0.15, -0.1) is 0 Å². The number of azo groups is 2. The van der Waals surface area contributed by atoms with Crippen LogP contribution in [0.2, 0.25) is 0 Å². The molecular formula is C13H10F3N2O+. The number of halogens is 3. The monoisotopic (exact) mass is 267 g/mol. The van der Waals surface area contributed by atoms with E-state index in [-0.39, 0.29) is 18.5 Å². The molecule has 1 aliphatic rings. The van der Waals surface area contributed by atoms with Crippen LogP contribution in [0.15, 0.2) is 59.0 Å². The van der Waals surface area contributed by atoms with Gasteiger partial charge in [0.25, 0.3) is 0 Å². The molecule has 0 radical (unpaired) electrons. The van der Waals surface area contributed by atoms with Crippen molar-refractivity contribution in [1.82, 2.24) is 0 Å². The van der Waals surface area contributed by atoms with E-state index in [9.17, 15) is 18.0 Å². The normalized spacial score (nSPS) is 15.7. The van der Waals surface area contributed by atoms with Crippen molar-refractivity contribution in [2.75, 3.05) is 0 Å². The Morgan fingerprint density at radius 1 is 1.26 bits per heavy atom. The smallest absolute Gasteiger partial charge is 0.298 e. The summed E-state index contributed by atoms with van der Waals surface area (Å²) in [5.74, 6) is 0. The van der Waals surface area contributed by atoms with Crippen LogP contribution in [0, 0.1) is 0 Å². The highest BCUT2D eigenvalue weighted by Gasteiger charge is 2.46. The first kappa shape index (κ1) is 13.2. The van der Waals surface area contributed by atoms with Crippen molar-refractivity contribution >= 4 is 6.29 Å². The predicted octanol–water partition coefficient (Wildman–Crippen LogP) is 3.19. The van der Waals surface area contributed by atoms with Crippen molar-refractivity contribution in [2.45, 2.75) is 12.7 Å². The summed E-state index contributed by atoms with van der Waals surface area (Å²) in [6.07, 6.45) is -4.52. The van der Waals surface area contributed by atoms with Crippen molar-refractivity contribution in [3.8, 4) is 0 Å². The minimum Gasteiger partial charge on any atom is -0.298 e. The van der Waals surface area contributed by atoms with Crippen molar-refractivity contribution < 1.29 is 22.7 Å². The third-order valence-corrected chi connectivity index (χ3v) is 2.66. The molecule has 0 fully saturated rings. The number of hydrogen-bond acceptors (Lipinski definition) is 2. The topological polar surface area (TPSA) is 32.4 Å². The number of carbonyl (C=O) groups is 1. The molecule has 1 aromatic rings. The number of aldehydes is 1. The Hall–Kier alpha value is -2.24. The molecule has 0 saturated heterocycles. The van der Waals surface area contributed by atoms with Gasteiger partial charge in [0.15, 0.2) is 12.8 Å². The average Bonchev–Trinajstić information content (AvgIpc) is 2.67. The Kier molecular flexibility index (Phi) is 3.33. The van der Waals surface area contributed by atoms with Crippen LogP contribution in [0.25, 0.3) is 0 Å². The molecule has 1 aliphatic heterocycles. The standard InChI is InChI=1S/C13H10F3N2O/c1-9-11(8-19)12(13(14,15)16)17-18(9)7-10-5-3-2-4-6-10/h2-6,8H,1,7H2/q+1. The predicted molar refractivity (Wildman–Crippen MR) is 61.1 cm³/mol. The van der Waals surface area contributed by atoms with E-state index in [1.165, 1.54) is 0 Å². The van der Waals surface area contributed by atoms with Crippen LogP contribution in [-0.4, -0.2) is 17.2 Å². The number of benzene rings is 1. The quantitative estimate of drug-likeness (QED) is 0.611. The third kappa shape index (κ3) is 2.62. The number of rotatable bonds is 3. The first-order valence-electron chi connectivity index (χ1n) is 5.42. The number of carbonyl (C=O) groups excluding carboxylic acids is 1. The summed E-state index contributed by atoms with van der Waals surface area (Å²) in [5.41, 5.74) is -0.959. The number of alkyl halides is 3. The maximum atomic E-state index is 12.7. The van der Waals surface area contributed by atoms with Gasteiger partial charge in [0.05, 0.1) is 0 Å². The third-order valence-electron chi connectivity index (χ3n) is 2.66. The SMILES string of the molecule is C=C1C(C=O)=C(C(F)(F)F)N=[N+]1Cc1ccccc1. The fourth-order valence-electron chi connectivity index (χ4n) is 1.73. The number of allylic oxidation sites excluding steroid dienone is 2. The molecule has 0 aliphatic carbocycles. The van der Waals surface area contributed by atoms with Gasteiger partial charge in [-0.3, -0.25) is 4.79 Å². The first-order chi connectivity index (χ1) is 8.93. The molecule has 0 bridgehead atoms. The minimum absolute atomic E-state index is 0.0359. The molecule has 0 amide bonds. The van der Waals surface area contributed by atoms with Crippen molar-refractivity contribution in [2.24, 2.45) is 5.11 Å². The van der Waals surface area contributed by atoms with Crippen LogP contribution < -0.4 is 0 Å². The summed E-state index contributed by atoms with van der Waals surface area (Å²) in [7, 11) is 0. The summed E-state index contributed by atoms with van der Waals surface area (Å²) < 4.78 is 39.2. The number of hydrogen-bond donors (Lipinski definition) is 0. The molecule has 0 atom stereocenters. The maximum absolute atomic E-state index is 12.7. The van der Waals surface area contributed by atoms with Gasteiger partial charge in [-0.05, 0) is 6.58 Å². The van der Waals surface area contributed by atoms with Crippen molar-refractivity contribution in [3.63, 3.8) is 0 Å². The Labute approximate surface area is 107 Å². The van der Waals surface area contributed by atoms with Gasteiger partial charge in [-0.25, -0.2) is 0 Å². The van der Waals surface area contributed by atoms with Gasteiger partial charge in [0, 0.05) is 10.7 Å². The summed E-state index contributed by atoms with van der Waals surface area (Å²) >= 11 is 0. The zero-order valence-electron chi connectivity index (χ0n) is 9.81. The molecular weight excluding hydrogens is 257 g/mol. The Morgan fingerprint density at radius 3 is 2.37 bits per heavy atom. The zero-order valence-corrected chi connectivity index (χ0v) is 9.81. The molecule has 0 unspecified atom stereocenters. The lowest BCUT2D eigenvalue weighted by molar-refractivity contribution is -0.551. The molecule has 1 heterocycles. The molecule has 1 aromatic carbocycles. The lowest BCUT2D eigenvalue weighted by Gasteiger charge is -1.99. The zero-order chi connectivity index (χ0) is 14.0. The summed E-state index contributed by atoms with van der Waals surface area (Å²) in [5, 5.41) is 3.45. The van der Waals surface area contributed by atoms with E-state index in [4.69, 9.17) is 0 Å². The van der Waals surface area contributed by atoms with Crippen LogP contribution >= 0.6 is 0 Å². The van der Waals surface area contributed by atoms with E-state index in [1.54, 1.807) is 30.3 Å². The van der Waals surface area contributed by atoms with E-state index >= 15 is 0 Å². The highest BCUT2D eigenvalue weighted by Crippen LogP contribution is 2.35. The summed E-state index contributed by atoms with van der Waals surface area (Å²) in [6.45, 7) is 3.63. The Balaban J connectivity index is 2.32. The van der Waals surface area contributed by atoms with Crippen molar-refractivity contribution in [3.05, 3.63) is 59.4 Å². The highest BCUT2D eigenvalue weighted by molar-refractivity contribution is 5.80. The van der Waals surface area contributed by atoms with Crippen LogP contribution in [0.1, 0.15) is 5.56 Å². The lowest BCUT2D eigenvalue weighted by Crippen LogP contribution is -2.11. The fourth-order valence-corrected chi connectivity index (χ4v) is 1.73. The fraction of sp³-hybridized carbons (Fsp3) is 0.154. The summed E-state index contributed by atoms with van der Waals surface area (Å²) in [4.78, 5) is 10.8. The molecule has 0 aromatic heterocycles. The molecule has 2 rings (SSSR count). The lowest BCUT2D eigenvalue weighted by atomic mass is 10.1. The van der Waals surface area contributed by atoms with Crippen LogP contribution in [0.5, 0.6) is 0 Å². The van der Waals surface area contributed by atoms with Gasteiger partial charge in [-0.2, -0.15) is 13.2 Å². The maximum Gasteiger partial charge on any atom is 0.440 e. The van der Waals surface area contributed by atoms with Gasteiger partial charge in [0.2, 0.25) is 11.4 Å². The largest absolute Gasteiger partial charge is 0.440 e. The van der Waals surface area contributed by atoms with E-state index in [1.807, 2.05) is 0 Å². The average molecular weight is 267 g/mol. The Bertz CT molecular complexity index is 586. The van der Waals surface area contributed by atoms with Crippen LogP contribution in [0.4, 0.5) is 13.2 Å². The van der Waals surface area contributed by atoms with Gasteiger partial charge >= 0.3 is 6.18 Å². The van der Waals surface area contributed by atoms with Gasteiger partial charge in [-0.1, -0.05) is 35.0 Å². The number of nitrogens with zero attached hydrogens (tertiary/aromatic N) is 2. The minimum atomic E-state index is -4.66. The second-order valence-corrected chi connectivity index (χ2v) is 3.97. The van der Waals surface area contributed by atoms with E-state index in [0.717, 1.165) is 10.3 Å². The van der Waals surface area contributed by atoms with Crippen molar-refractivity contribution in [1.29, 1.82) is 0 Å². The molecule has 6 heteroatoms. The first-order valence-corrected chi connectivity index (χ1v) is 5.42. The second kappa shape index (κ2) is 4.79. The molecule has 19 heavy (non-hydrogen) atoms. The van der Waals surface area contributed by atoms with Gasteiger partial charge < -0.3 is 0 Å². The van der Waals surface area contributed by atoms with E-state index in [0.29, 0.717) is 0 Å². The highest BCUT2D eigenvalue weighted by atomic mass is 19.4. The second-order valence-electron chi connectivity index (χ2n) is 3.97.